The summed E-state index contributed by atoms with van der Waals surface area (Å²) in [4.78, 5) is 12.7. The van der Waals surface area contributed by atoms with Crippen LogP contribution < -0.4 is 5.73 Å². The van der Waals surface area contributed by atoms with Gasteiger partial charge in [0.05, 0.1) is 11.0 Å². The van der Waals surface area contributed by atoms with Gasteiger partial charge in [0.1, 0.15) is 24.3 Å². The minimum Gasteiger partial charge on any atom is -0.383 e. The number of fused-ring (bicyclic) bond motifs is 1. The molecule has 0 amide bonds. The van der Waals surface area contributed by atoms with Gasteiger partial charge < -0.3 is 5.73 Å². The lowest BCUT2D eigenvalue weighted by molar-refractivity contribution is 0.944. The van der Waals surface area contributed by atoms with Crippen molar-refractivity contribution in [1.29, 1.82) is 0 Å². The Morgan fingerprint density at radius 3 is 2.83 bits per heavy atom. The molecule has 0 spiro atoms. The van der Waals surface area contributed by atoms with E-state index in [0.717, 1.165) is 28.8 Å². The van der Waals surface area contributed by atoms with E-state index in [1.165, 1.54) is 6.33 Å². The van der Waals surface area contributed by atoms with Gasteiger partial charge in [-0.3, -0.25) is 4.57 Å². The number of hydrogen-bond acceptors (Lipinski definition) is 4. The summed E-state index contributed by atoms with van der Waals surface area (Å²) in [5.41, 5.74) is 8.80. The second kappa shape index (κ2) is 4.10. The fraction of sp³-hybridized carbons (Fsp3) is 0.154. The van der Waals surface area contributed by atoms with Crippen LogP contribution >= 0.6 is 0 Å². The number of nitrogens with two attached hydrogens (primary N) is 1. The van der Waals surface area contributed by atoms with E-state index in [0.29, 0.717) is 5.82 Å². The van der Waals surface area contributed by atoms with Crippen LogP contribution in [0.4, 0.5) is 5.82 Å². The first-order valence-corrected chi connectivity index (χ1v) is 5.83. The van der Waals surface area contributed by atoms with E-state index < -0.39 is 0 Å². The summed E-state index contributed by atoms with van der Waals surface area (Å²) in [6.07, 6.45) is 4.04. The predicted molar refractivity (Wildman–Crippen MR) is 70.5 cm³/mol. The molecule has 5 heteroatoms. The molecular weight excluding hydrogens is 226 g/mol. The SMILES string of the molecule is CCc1c(N)ncnc1-n1cnc2ccccc21. The van der Waals surface area contributed by atoms with Crippen LogP contribution in [-0.2, 0) is 6.42 Å². The van der Waals surface area contributed by atoms with E-state index >= 15 is 0 Å². The maximum absolute atomic E-state index is 5.90. The molecule has 2 aromatic heterocycles. The quantitative estimate of drug-likeness (QED) is 0.742. The highest BCUT2D eigenvalue weighted by molar-refractivity contribution is 5.77. The number of hydrogen-bond donors (Lipinski definition) is 1. The Balaban J connectivity index is 2.30. The number of anilines is 1. The highest BCUT2D eigenvalue weighted by atomic mass is 15.1. The van der Waals surface area contributed by atoms with Crippen LogP contribution in [-0.4, -0.2) is 19.5 Å². The van der Waals surface area contributed by atoms with E-state index in [1.54, 1.807) is 6.33 Å². The van der Waals surface area contributed by atoms with Crippen LogP contribution in [0.5, 0.6) is 0 Å². The molecule has 0 atom stereocenters. The first-order valence-electron chi connectivity index (χ1n) is 5.83. The second-order valence-electron chi connectivity index (χ2n) is 4.02. The van der Waals surface area contributed by atoms with Gasteiger partial charge in [-0.05, 0) is 18.6 Å². The van der Waals surface area contributed by atoms with Gasteiger partial charge >= 0.3 is 0 Å². The topological polar surface area (TPSA) is 69.6 Å². The largest absolute Gasteiger partial charge is 0.383 e. The van der Waals surface area contributed by atoms with E-state index in [-0.39, 0.29) is 0 Å². The molecule has 2 heterocycles. The zero-order valence-electron chi connectivity index (χ0n) is 10.0. The Morgan fingerprint density at radius 1 is 1.17 bits per heavy atom. The normalized spacial score (nSPS) is 10.9. The fourth-order valence-corrected chi connectivity index (χ4v) is 2.09. The Kier molecular flexibility index (Phi) is 2.44. The second-order valence-corrected chi connectivity index (χ2v) is 4.02. The Hall–Kier alpha value is -2.43. The molecule has 3 rings (SSSR count). The highest BCUT2D eigenvalue weighted by Gasteiger charge is 2.11. The lowest BCUT2D eigenvalue weighted by atomic mass is 10.2. The third-order valence-electron chi connectivity index (χ3n) is 2.99. The summed E-state index contributed by atoms with van der Waals surface area (Å²) in [6.45, 7) is 2.04. The summed E-state index contributed by atoms with van der Waals surface area (Å²) in [5, 5.41) is 0. The van der Waals surface area contributed by atoms with Crippen molar-refractivity contribution in [3.63, 3.8) is 0 Å². The third kappa shape index (κ3) is 1.52. The summed E-state index contributed by atoms with van der Waals surface area (Å²) < 4.78 is 1.95. The van der Waals surface area contributed by atoms with Gasteiger partial charge in [-0.2, -0.15) is 0 Å². The van der Waals surface area contributed by atoms with Crippen molar-refractivity contribution in [1.82, 2.24) is 19.5 Å². The lowest BCUT2D eigenvalue weighted by Crippen LogP contribution is -2.06. The molecule has 5 nitrogen and oxygen atoms in total. The smallest absolute Gasteiger partial charge is 0.147 e. The molecule has 0 aliphatic heterocycles. The molecule has 0 aliphatic carbocycles. The monoisotopic (exact) mass is 239 g/mol. The minimum atomic E-state index is 0.528. The minimum absolute atomic E-state index is 0.528. The summed E-state index contributed by atoms with van der Waals surface area (Å²) in [6, 6.07) is 7.94. The van der Waals surface area contributed by atoms with Crippen molar-refractivity contribution >= 4 is 16.9 Å². The number of imidazole rings is 1. The standard InChI is InChI=1S/C13H13N5/c1-2-9-12(14)15-7-16-13(9)18-8-17-10-5-3-4-6-11(10)18/h3-8H,2H2,1H3,(H2,14,15,16). The van der Waals surface area contributed by atoms with Crippen LogP contribution in [0.3, 0.4) is 0 Å². The van der Waals surface area contributed by atoms with Gasteiger partial charge in [-0.1, -0.05) is 19.1 Å². The predicted octanol–water partition coefficient (Wildman–Crippen LogP) is 1.96. The number of nitrogens with zero attached hydrogens (tertiary/aromatic N) is 4. The molecule has 0 saturated heterocycles. The van der Waals surface area contributed by atoms with E-state index in [9.17, 15) is 0 Å². The van der Waals surface area contributed by atoms with Crippen LogP contribution in [0.1, 0.15) is 12.5 Å². The Labute approximate surface area is 104 Å². The van der Waals surface area contributed by atoms with Gasteiger partial charge in [-0.25, -0.2) is 15.0 Å². The average Bonchev–Trinajstić information content (AvgIpc) is 2.82. The first kappa shape index (κ1) is 10.7. The molecule has 0 fully saturated rings. The fourth-order valence-electron chi connectivity index (χ4n) is 2.09. The van der Waals surface area contributed by atoms with Crippen LogP contribution in [0, 0.1) is 0 Å². The molecule has 3 aromatic rings. The summed E-state index contributed by atoms with van der Waals surface area (Å²) >= 11 is 0. The Bertz CT molecular complexity index is 701. The number of para-hydroxylation sites is 2. The molecule has 0 unspecified atom stereocenters. The molecule has 0 saturated carbocycles. The molecular formula is C13H13N5. The highest BCUT2D eigenvalue weighted by Crippen LogP contribution is 2.21. The maximum atomic E-state index is 5.90. The maximum Gasteiger partial charge on any atom is 0.147 e. The van der Waals surface area contributed by atoms with Crippen molar-refractivity contribution in [2.45, 2.75) is 13.3 Å². The number of rotatable bonds is 2. The number of benzene rings is 1. The van der Waals surface area contributed by atoms with Crippen molar-refractivity contribution in [2.24, 2.45) is 0 Å². The van der Waals surface area contributed by atoms with Crippen LogP contribution in [0.2, 0.25) is 0 Å². The van der Waals surface area contributed by atoms with Gasteiger partial charge in [0.25, 0.3) is 0 Å². The Morgan fingerprint density at radius 2 is 2.00 bits per heavy atom. The molecule has 1 aromatic carbocycles. The van der Waals surface area contributed by atoms with Crippen molar-refractivity contribution in [3.8, 4) is 5.82 Å². The van der Waals surface area contributed by atoms with Crippen molar-refractivity contribution in [3.05, 3.63) is 42.5 Å². The molecule has 0 aliphatic rings. The number of aromatic nitrogens is 4. The van der Waals surface area contributed by atoms with Crippen molar-refractivity contribution in [2.75, 3.05) is 5.73 Å². The third-order valence-corrected chi connectivity index (χ3v) is 2.99. The average molecular weight is 239 g/mol. The van der Waals surface area contributed by atoms with E-state index in [1.807, 2.05) is 35.8 Å². The molecule has 90 valence electrons. The van der Waals surface area contributed by atoms with E-state index in [4.69, 9.17) is 5.73 Å². The molecule has 0 radical (unpaired) electrons. The van der Waals surface area contributed by atoms with Crippen LogP contribution in [0.15, 0.2) is 36.9 Å². The van der Waals surface area contributed by atoms with E-state index in [2.05, 4.69) is 15.0 Å². The van der Waals surface area contributed by atoms with Crippen LogP contribution in [0.25, 0.3) is 16.9 Å². The zero-order valence-corrected chi connectivity index (χ0v) is 10.0. The molecule has 2 N–H and O–H groups in total. The van der Waals surface area contributed by atoms with Gasteiger partial charge in [0.2, 0.25) is 0 Å². The van der Waals surface area contributed by atoms with Gasteiger partial charge in [0.15, 0.2) is 0 Å². The van der Waals surface area contributed by atoms with Gasteiger partial charge in [-0.15, -0.1) is 0 Å². The molecule has 0 bridgehead atoms. The molecule has 18 heavy (non-hydrogen) atoms. The summed E-state index contributed by atoms with van der Waals surface area (Å²) in [7, 11) is 0. The first-order chi connectivity index (χ1) is 8.81. The van der Waals surface area contributed by atoms with Crippen molar-refractivity contribution < 1.29 is 0 Å². The van der Waals surface area contributed by atoms with Gasteiger partial charge in [0, 0.05) is 5.56 Å². The zero-order chi connectivity index (χ0) is 12.5. The summed E-state index contributed by atoms with van der Waals surface area (Å²) in [5.74, 6) is 1.33. The lowest BCUT2D eigenvalue weighted by Gasteiger charge is -2.09. The number of nitrogen functional groups attached to an aromatic ring is 1.